The third kappa shape index (κ3) is 3.35. The first kappa shape index (κ1) is 21.5. The number of aromatic nitrogens is 1. The molecule has 9 heteroatoms. The zero-order valence-electron chi connectivity index (χ0n) is 17.4. The fraction of sp³-hybridized carbons (Fsp3) is 0.174. The molecule has 0 spiro atoms. The van der Waals surface area contributed by atoms with E-state index in [-0.39, 0.29) is 11.5 Å². The number of thiocarbonyl (C=S) groups is 1. The van der Waals surface area contributed by atoms with Gasteiger partial charge in [0, 0.05) is 18.0 Å². The van der Waals surface area contributed by atoms with E-state index in [1.165, 1.54) is 23.1 Å². The normalized spacial score (nSPS) is 19.2. The monoisotopic (exact) mass is 497 g/mol. The smallest absolute Gasteiger partial charge is 0.273 e. The SMILES string of the molecule is CCN1C(=c2sc(=C3SC(=S)N(c4ccccc4)C3=O)n(CC)c2=O)Sc2ccccc21. The number of anilines is 2. The maximum Gasteiger partial charge on any atom is 0.273 e. The van der Waals surface area contributed by atoms with Crippen molar-refractivity contribution < 1.29 is 4.79 Å². The van der Waals surface area contributed by atoms with Gasteiger partial charge in [0.1, 0.15) is 19.1 Å². The average molecular weight is 498 g/mol. The number of nitrogens with zero attached hydrogens (tertiary/aromatic N) is 3. The third-order valence-electron chi connectivity index (χ3n) is 5.30. The van der Waals surface area contributed by atoms with Crippen LogP contribution in [0.3, 0.4) is 0 Å². The van der Waals surface area contributed by atoms with Crippen LogP contribution in [0, 0.1) is 0 Å². The molecular formula is C23H19N3O2S4. The minimum Gasteiger partial charge on any atom is -0.334 e. The number of hydrogen-bond acceptors (Lipinski definition) is 7. The summed E-state index contributed by atoms with van der Waals surface area (Å²) in [7, 11) is 0. The van der Waals surface area contributed by atoms with Crippen LogP contribution in [-0.4, -0.2) is 21.3 Å². The number of para-hydroxylation sites is 2. The van der Waals surface area contributed by atoms with Crippen molar-refractivity contribution in [2.75, 3.05) is 16.3 Å². The Labute approximate surface area is 203 Å². The highest BCUT2D eigenvalue weighted by atomic mass is 32.2. The summed E-state index contributed by atoms with van der Waals surface area (Å²) in [6.45, 7) is 5.25. The maximum atomic E-state index is 13.4. The first-order chi connectivity index (χ1) is 15.5. The molecular weight excluding hydrogens is 479 g/mol. The van der Waals surface area contributed by atoms with Crippen LogP contribution in [0.15, 0.2) is 64.3 Å². The lowest BCUT2D eigenvalue weighted by atomic mass is 10.3. The molecule has 0 radical (unpaired) electrons. The lowest BCUT2D eigenvalue weighted by Crippen LogP contribution is -2.35. The van der Waals surface area contributed by atoms with Gasteiger partial charge in [-0.25, -0.2) is 0 Å². The van der Waals surface area contributed by atoms with Crippen molar-refractivity contribution in [2.45, 2.75) is 25.3 Å². The van der Waals surface area contributed by atoms with E-state index in [0.29, 0.717) is 25.0 Å². The van der Waals surface area contributed by atoms with Gasteiger partial charge in [0.2, 0.25) is 0 Å². The van der Waals surface area contributed by atoms with Crippen molar-refractivity contribution >= 4 is 78.6 Å². The van der Waals surface area contributed by atoms with Gasteiger partial charge < -0.3 is 4.90 Å². The molecule has 0 atom stereocenters. The summed E-state index contributed by atoms with van der Waals surface area (Å²) in [6, 6.07) is 17.6. The van der Waals surface area contributed by atoms with Crippen molar-refractivity contribution in [3.8, 4) is 0 Å². The number of rotatable bonds is 3. The van der Waals surface area contributed by atoms with E-state index in [4.69, 9.17) is 12.2 Å². The fourth-order valence-electron chi connectivity index (χ4n) is 3.82. The van der Waals surface area contributed by atoms with Gasteiger partial charge in [-0.3, -0.25) is 19.1 Å². The number of amides is 1. The van der Waals surface area contributed by atoms with E-state index in [0.717, 1.165) is 27.8 Å². The molecule has 1 saturated heterocycles. The van der Waals surface area contributed by atoms with Crippen LogP contribution in [0.4, 0.5) is 11.4 Å². The number of carbonyl (C=O) groups excluding carboxylic acids is 1. The van der Waals surface area contributed by atoms with Crippen LogP contribution < -0.4 is 24.6 Å². The van der Waals surface area contributed by atoms with E-state index >= 15 is 0 Å². The lowest BCUT2D eigenvalue weighted by molar-refractivity contribution is -0.112. The van der Waals surface area contributed by atoms with Crippen LogP contribution in [0.25, 0.3) is 9.93 Å². The highest BCUT2D eigenvalue weighted by Crippen LogP contribution is 2.45. The zero-order chi connectivity index (χ0) is 22.4. The molecule has 2 aliphatic rings. The number of carbonyl (C=O) groups is 1. The quantitative estimate of drug-likeness (QED) is 0.513. The third-order valence-corrected chi connectivity index (χ3v) is 9.29. The van der Waals surface area contributed by atoms with E-state index in [2.05, 4.69) is 24.0 Å². The van der Waals surface area contributed by atoms with Gasteiger partial charge >= 0.3 is 0 Å². The highest BCUT2D eigenvalue weighted by Gasteiger charge is 2.35. The standard InChI is InChI=1S/C23H19N3O2S4/c1-3-24-15-12-8-9-13-16(15)30-21(24)17-19(27)25(4-2)22(31-17)18-20(28)26(23(29)32-18)14-10-6-5-7-11-14/h5-13H,3-4H2,1-2H3. The summed E-state index contributed by atoms with van der Waals surface area (Å²) in [5, 5.41) is 0.927. The molecule has 32 heavy (non-hydrogen) atoms. The summed E-state index contributed by atoms with van der Waals surface area (Å²) in [4.78, 5) is 32.2. The molecule has 0 unspecified atom stereocenters. The molecule has 0 aliphatic carbocycles. The van der Waals surface area contributed by atoms with Crippen LogP contribution in [-0.2, 0) is 11.3 Å². The Kier molecular flexibility index (Phi) is 5.75. The molecule has 5 rings (SSSR count). The number of benzene rings is 2. The molecule has 2 aliphatic heterocycles. The van der Waals surface area contributed by atoms with Crippen molar-refractivity contribution in [1.82, 2.24) is 4.57 Å². The summed E-state index contributed by atoms with van der Waals surface area (Å²) in [5.41, 5.74) is 1.79. The van der Waals surface area contributed by atoms with Gasteiger partial charge in [0.05, 0.1) is 11.4 Å². The molecule has 5 nitrogen and oxygen atoms in total. The number of thioether (sulfide) groups is 2. The Morgan fingerprint density at radius 2 is 1.62 bits per heavy atom. The number of fused-ring (bicyclic) bond motifs is 1. The van der Waals surface area contributed by atoms with Gasteiger partial charge in [0.15, 0.2) is 4.32 Å². The first-order valence-electron chi connectivity index (χ1n) is 10.2. The summed E-state index contributed by atoms with van der Waals surface area (Å²) < 4.78 is 3.51. The van der Waals surface area contributed by atoms with Crippen molar-refractivity contribution in [3.63, 3.8) is 0 Å². The number of thiazole rings is 1. The predicted octanol–water partition coefficient (Wildman–Crippen LogP) is 3.80. The Morgan fingerprint density at radius 3 is 2.34 bits per heavy atom. The van der Waals surface area contributed by atoms with E-state index in [1.54, 1.807) is 21.2 Å². The highest BCUT2D eigenvalue weighted by molar-refractivity contribution is 8.31. The first-order valence-corrected chi connectivity index (χ1v) is 13.0. The fourth-order valence-corrected chi connectivity index (χ4v) is 7.83. The number of hydrogen-bond donors (Lipinski definition) is 0. The minimum absolute atomic E-state index is 0.0637. The second-order valence-electron chi connectivity index (χ2n) is 7.08. The van der Waals surface area contributed by atoms with Crippen LogP contribution in [0.1, 0.15) is 13.8 Å². The van der Waals surface area contributed by atoms with E-state index in [1.807, 2.05) is 49.4 Å². The minimum atomic E-state index is -0.180. The van der Waals surface area contributed by atoms with Gasteiger partial charge in [0.25, 0.3) is 11.5 Å². The summed E-state index contributed by atoms with van der Waals surface area (Å²) in [5.74, 6) is -0.180. The van der Waals surface area contributed by atoms with Gasteiger partial charge in [-0.2, -0.15) is 0 Å². The van der Waals surface area contributed by atoms with E-state index < -0.39 is 0 Å². The Balaban J connectivity index is 1.72. The molecule has 0 N–H and O–H groups in total. The Bertz CT molecular complexity index is 1430. The lowest BCUT2D eigenvalue weighted by Gasteiger charge is -2.16. The van der Waals surface area contributed by atoms with Gasteiger partial charge in [-0.1, -0.05) is 66.1 Å². The Morgan fingerprint density at radius 1 is 0.906 bits per heavy atom. The second kappa shape index (κ2) is 8.55. The molecule has 3 heterocycles. The molecule has 3 aromatic rings. The van der Waals surface area contributed by atoms with E-state index in [9.17, 15) is 9.59 Å². The van der Waals surface area contributed by atoms with Crippen LogP contribution in [0.2, 0.25) is 0 Å². The molecule has 2 aromatic carbocycles. The summed E-state index contributed by atoms with van der Waals surface area (Å²) >= 11 is 9.79. The van der Waals surface area contributed by atoms with Gasteiger partial charge in [-0.15, -0.1) is 11.3 Å². The predicted molar refractivity (Wildman–Crippen MR) is 140 cm³/mol. The molecule has 0 saturated carbocycles. The molecule has 0 bridgehead atoms. The van der Waals surface area contributed by atoms with Crippen LogP contribution >= 0.6 is 47.1 Å². The molecule has 1 amide bonds. The zero-order valence-corrected chi connectivity index (χ0v) is 20.7. The second-order valence-corrected chi connectivity index (χ2v) is 10.8. The largest absolute Gasteiger partial charge is 0.334 e. The Hall–Kier alpha value is -2.33. The topological polar surface area (TPSA) is 45.5 Å². The van der Waals surface area contributed by atoms with Gasteiger partial charge in [-0.05, 0) is 38.1 Å². The molecule has 1 fully saturated rings. The maximum absolute atomic E-state index is 13.4. The molecule has 162 valence electrons. The average Bonchev–Trinajstić information content (AvgIpc) is 3.44. The van der Waals surface area contributed by atoms with Crippen LogP contribution in [0.5, 0.6) is 0 Å². The summed E-state index contributed by atoms with van der Waals surface area (Å²) in [6.07, 6.45) is 0. The van der Waals surface area contributed by atoms with Crippen molar-refractivity contribution in [1.29, 1.82) is 0 Å². The van der Waals surface area contributed by atoms with Crippen molar-refractivity contribution in [3.05, 3.63) is 74.1 Å². The van der Waals surface area contributed by atoms with Crippen molar-refractivity contribution in [2.24, 2.45) is 0 Å². The molecule has 1 aromatic heterocycles.